The Morgan fingerprint density at radius 2 is 2.17 bits per heavy atom. The zero-order valence-electron chi connectivity index (χ0n) is 10.0. The molecule has 4 heteroatoms. The number of hydrogen-bond acceptors (Lipinski definition) is 3. The molecule has 0 aliphatic rings. The van der Waals surface area contributed by atoms with Crippen molar-refractivity contribution in [2.24, 2.45) is 0 Å². The molecule has 0 radical (unpaired) electrons. The predicted molar refractivity (Wildman–Crippen MR) is 65.6 cm³/mol. The fourth-order valence-corrected chi connectivity index (χ4v) is 1.57. The second kappa shape index (κ2) is 5.60. The van der Waals surface area contributed by atoms with Gasteiger partial charge in [-0.25, -0.2) is 4.39 Å². The molecule has 0 aliphatic heterocycles. The molecule has 0 saturated carbocycles. The molecule has 0 spiro atoms. The fraction of sp³-hybridized carbons (Fsp3) is 0.214. The summed E-state index contributed by atoms with van der Waals surface area (Å²) < 4.78 is 18.4. The molecular weight excluding hydrogens is 233 g/mol. The summed E-state index contributed by atoms with van der Waals surface area (Å²) in [7, 11) is 0. The van der Waals surface area contributed by atoms with E-state index in [4.69, 9.17) is 4.74 Å². The van der Waals surface area contributed by atoms with Crippen LogP contribution in [0.4, 0.5) is 4.39 Å². The van der Waals surface area contributed by atoms with Crippen LogP contribution in [-0.2, 0) is 6.61 Å². The monoisotopic (exact) mass is 247 g/mol. The normalized spacial score (nSPS) is 12.2. The maximum absolute atomic E-state index is 12.9. The number of ether oxygens (including phenoxy) is 1. The van der Waals surface area contributed by atoms with Gasteiger partial charge in [-0.05, 0) is 30.7 Å². The molecule has 0 unspecified atom stereocenters. The zero-order valence-corrected chi connectivity index (χ0v) is 10.0. The third kappa shape index (κ3) is 3.28. The van der Waals surface area contributed by atoms with E-state index in [9.17, 15) is 9.50 Å². The number of aliphatic hydroxyl groups excluding tert-OH is 1. The zero-order chi connectivity index (χ0) is 13.0. The van der Waals surface area contributed by atoms with Crippen molar-refractivity contribution in [1.29, 1.82) is 0 Å². The average Bonchev–Trinajstić information content (AvgIpc) is 2.37. The van der Waals surface area contributed by atoms with Crippen LogP contribution >= 0.6 is 0 Å². The SMILES string of the molecule is C[C@@H](O)c1cccc(OCc2cncc(F)c2)c1. The minimum Gasteiger partial charge on any atom is -0.489 e. The highest BCUT2D eigenvalue weighted by Gasteiger charge is 2.03. The smallest absolute Gasteiger partial charge is 0.141 e. The number of halogens is 1. The summed E-state index contributed by atoms with van der Waals surface area (Å²) in [6.07, 6.45) is 2.17. The number of rotatable bonds is 4. The maximum Gasteiger partial charge on any atom is 0.141 e. The Hall–Kier alpha value is -1.94. The van der Waals surface area contributed by atoms with Gasteiger partial charge in [0.2, 0.25) is 0 Å². The Kier molecular flexibility index (Phi) is 3.89. The van der Waals surface area contributed by atoms with E-state index in [1.54, 1.807) is 31.3 Å². The number of aromatic nitrogens is 1. The molecule has 2 aromatic rings. The molecule has 2 rings (SSSR count). The molecule has 18 heavy (non-hydrogen) atoms. The van der Waals surface area contributed by atoms with Crippen LogP contribution in [0, 0.1) is 5.82 Å². The maximum atomic E-state index is 12.9. The van der Waals surface area contributed by atoms with E-state index in [0.717, 1.165) is 11.8 Å². The van der Waals surface area contributed by atoms with Gasteiger partial charge in [-0.15, -0.1) is 0 Å². The largest absolute Gasteiger partial charge is 0.489 e. The number of aliphatic hydroxyl groups is 1. The van der Waals surface area contributed by atoms with E-state index in [-0.39, 0.29) is 12.4 Å². The summed E-state index contributed by atoms with van der Waals surface area (Å²) >= 11 is 0. The lowest BCUT2D eigenvalue weighted by Gasteiger charge is -2.09. The Morgan fingerprint density at radius 3 is 2.89 bits per heavy atom. The van der Waals surface area contributed by atoms with E-state index in [1.165, 1.54) is 6.07 Å². The number of pyridine rings is 1. The van der Waals surface area contributed by atoms with E-state index in [2.05, 4.69) is 4.98 Å². The van der Waals surface area contributed by atoms with Crippen LogP contribution in [0.25, 0.3) is 0 Å². The van der Waals surface area contributed by atoms with Crippen molar-refractivity contribution in [2.75, 3.05) is 0 Å². The summed E-state index contributed by atoms with van der Waals surface area (Å²) in [6.45, 7) is 1.93. The van der Waals surface area contributed by atoms with Crippen LogP contribution in [0.2, 0.25) is 0 Å². The number of nitrogens with zero attached hydrogens (tertiary/aromatic N) is 1. The molecule has 0 bridgehead atoms. The Balaban J connectivity index is 2.04. The van der Waals surface area contributed by atoms with Crippen molar-refractivity contribution < 1.29 is 14.2 Å². The van der Waals surface area contributed by atoms with E-state index in [1.807, 2.05) is 6.07 Å². The second-order valence-corrected chi connectivity index (χ2v) is 4.05. The van der Waals surface area contributed by atoms with Gasteiger partial charge in [-0.1, -0.05) is 12.1 Å². The van der Waals surface area contributed by atoms with E-state index >= 15 is 0 Å². The third-order valence-corrected chi connectivity index (χ3v) is 2.51. The van der Waals surface area contributed by atoms with Crippen molar-refractivity contribution >= 4 is 0 Å². The molecule has 0 fully saturated rings. The standard InChI is InChI=1S/C14H14FNO2/c1-10(17)12-3-2-4-14(6-12)18-9-11-5-13(15)8-16-7-11/h2-8,10,17H,9H2,1H3/t10-/m1/s1. The number of benzene rings is 1. The number of hydrogen-bond donors (Lipinski definition) is 1. The van der Waals surface area contributed by atoms with Gasteiger partial charge in [0, 0.05) is 11.8 Å². The van der Waals surface area contributed by atoms with Crippen molar-refractivity contribution in [1.82, 2.24) is 4.98 Å². The molecule has 0 amide bonds. The van der Waals surface area contributed by atoms with E-state index < -0.39 is 6.10 Å². The molecule has 0 aliphatic carbocycles. The van der Waals surface area contributed by atoms with Crippen molar-refractivity contribution in [2.45, 2.75) is 19.6 Å². The highest BCUT2D eigenvalue weighted by molar-refractivity contribution is 5.29. The second-order valence-electron chi connectivity index (χ2n) is 4.05. The van der Waals surface area contributed by atoms with Gasteiger partial charge in [-0.2, -0.15) is 0 Å². The van der Waals surface area contributed by atoms with Gasteiger partial charge in [0.25, 0.3) is 0 Å². The molecule has 1 aromatic heterocycles. The lowest BCUT2D eigenvalue weighted by molar-refractivity contribution is 0.198. The van der Waals surface area contributed by atoms with Crippen LogP contribution in [0.3, 0.4) is 0 Å². The van der Waals surface area contributed by atoms with Gasteiger partial charge in [-0.3, -0.25) is 4.98 Å². The lowest BCUT2D eigenvalue weighted by Crippen LogP contribution is -1.98. The van der Waals surface area contributed by atoms with Crippen molar-refractivity contribution in [3.05, 3.63) is 59.7 Å². The molecule has 1 aromatic carbocycles. The minimum absolute atomic E-state index is 0.244. The first-order chi connectivity index (χ1) is 8.65. The average molecular weight is 247 g/mol. The highest BCUT2D eigenvalue weighted by Crippen LogP contribution is 2.19. The summed E-state index contributed by atoms with van der Waals surface area (Å²) in [6, 6.07) is 8.56. The predicted octanol–water partition coefficient (Wildman–Crippen LogP) is 2.85. The fourth-order valence-electron chi connectivity index (χ4n) is 1.57. The molecule has 1 atom stereocenters. The van der Waals surface area contributed by atoms with Crippen LogP contribution in [-0.4, -0.2) is 10.1 Å². The van der Waals surface area contributed by atoms with Crippen molar-refractivity contribution in [3.63, 3.8) is 0 Å². The summed E-state index contributed by atoms with van der Waals surface area (Å²) in [5.41, 5.74) is 1.45. The Bertz CT molecular complexity index is 529. The summed E-state index contributed by atoms with van der Waals surface area (Å²) in [4.78, 5) is 3.75. The molecular formula is C14H14FNO2. The first kappa shape index (κ1) is 12.5. The third-order valence-electron chi connectivity index (χ3n) is 2.51. The first-order valence-corrected chi connectivity index (χ1v) is 5.65. The van der Waals surface area contributed by atoms with Crippen LogP contribution in [0.5, 0.6) is 5.75 Å². The van der Waals surface area contributed by atoms with Crippen LogP contribution < -0.4 is 4.74 Å². The molecule has 94 valence electrons. The van der Waals surface area contributed by atoms with Gasteiger partial charge < -0.3 is 9.84 Å². The Morgan fingerprint density at radius 1 is 1.33 bits per heavy atom. The first-order valence-electron chi connectivity index (χ1n) is 5.65. The lowest BCUT2D eigenvalue weighted by atomic mass is 10.1. The molecule has 1 N–H and O–H groups in total. The minimum atomic E-state index is -0.538. The summed E-state index contributed by atoms with van der Waals surface area (Å²) in [5, 5.41) is 9.45. The summed E-state index contributed by atoms with van der Waals surface area (Å²) in [5.74, 6) is 0.256. The highest BCUT2D eigenvalue weighted by atomic mass is 19.1. The van der Waals surface area contributed by atoms with Gasteiger partial charge in [0.15, 0.2) is 0 Å². The molecule has 3 nitrogen and oxygen atoms in total. The van der Waals surface area contributed by atoms with Crippen LogP contribution in [0.1, 0.15) is 24.2 Å². The quantitative estimate of drug-likeness (QED) is 0.903. The van der Waals surface area contributed by atoms with E-state index in [0.29, 0.717) is 11.3 Å². The topological polar surface area (TPSA) is 42.4 Å². The molecule has 1 heterocycles. The van der Waals surface area contributed by atoms with Crippen molar-refractivity contribution in [3.8, 4) is 5.75 Å². The van der Waals surface area contributed by atoms with Crippen LogP contribution in [0.15, 0.2) is 42.7 Å². The van der Waals surface area contributed by atoms with Gasteiger partial charge in [0.05, 0.1) is 12.3 Å². The molecule has 0 saturated heterocycles. The van der Waals surface area contributed by atoms with Gasteiger partial charge in [0.1, 0.15) is 18.2 Å². The van der Waals surface area contributed by atoms with Gasteiger partial charge >= 0.3 is 0 Å². The Labute approximate surface area is 105 Å².